The number of hydrogen-bond donors (Lipinski definition) is 0. The Morgan fingerprint density at radius 3 is 1.56 bits per heavy atom. The molecule has 3 heterocycles. The van der Waals surface area contributed by atoms with Gasteiger partial charge in [-0.2, -0.15) is 0 Å². The van der Waals surface area contributed by atoms with Crippen LogP contribution in [0, 0.1) is 0 Å². The van der Waals surface area contributed by atoms with Crippen LogP contribution in [0.1, 0.15) is 38.1 Å². The Hall–Kier alpha value is -1.76. The zero-order chi connectivity index (χ0) is 19.1. The fourth-order valence-electron chi connectivity index (χ4n) is 3.62. The second-order valence-corrected chi connectivity index (χ2v) is 7.14. The Morgan fingerprint density at radius 1 is 0.719 bits per heavy atom. The monoisotopic (exact) mass is 523 g/mol. The van der Waals surface area contributed by atoms with E-state index >= 15 is 0 Å². The third kappa shape index (κ3) is 5.41. The molecule has 0 spiro atoms. The molecule has 0 saturated carbocycles. The van der Waals surface area contributed by atoms with Crippen LogP contribution in [0.3, 0.4) is 0 Å². The largest absolute Gasteiger partial charge is 3.00 e. The van der Waals surface area contributed by atoms with Crippen LogP contribution in [0.5, 0.6) is 0 Å². The maximum Gasteiger partial charge on any atom is 3.00 e. The van der Waals surface area contributed by atoms with Gasteiger partial charge in [-0.15, -0.1) is 0 Å². The van der Waals surface area contributed by atoms with Crippen molar-refractivity contribution in [2.75, 3.05) is 0 Å². The van der Waals surface area contributed by atoms with Gasteiger partial charge in [0.1, 0.15) is 23.5 Å². The third-order valence-electron chi connectivity index (χ3n) is 5.27. The van der Waals surface area contributed by atoms with Crippen molar-refractivity contribution in [3.8, 4) is 0 Å². The molecule has 0 saturated heterocycles. The fraction of sp³-hybridized carbons (Fsp3) is 0.261. The van der Waals surface area contributed by atoms with Crippen LogP contribution >= 0.6 is 0 Å². The number of allylic oxidation sites excluding steroid dienone is 4. The van der Waals surface area contributed by atoms with Gasteiger partial charge in [0.05, 0.1) is 11.4 Å². The number of aliphatic imine (C=N–C) groups is 4. The number of rotatable bonds is 4. The zero-order valence-corrected chi connectivity index (χ0v) is 21.2. The molecule has 1 aromatic heterocycles. The number of amidine groups is 2. The molecule has 5 rings (SSSR count). The number of fused-ring (bicyclic) bond motifs is 2. The van der Waals surface area contributed by atoms with E-state index < -0.39 is 0 Å². The Balaban J connectivity index is 0.00000128. The first-order valence-corrected chi connectivity index (χ1v) is 9.81. The molecule has 1 aromatic rings. The van der Waals surface area contributed by atoms with Crippen LogP contribution in [-0.2, 0) is 18.6 Å². The van der Waals surface area contributed by atoms with Crippen molar-refractivity contribution in [3.63, 3.8) is 0 Å². The van der Waals surface area contributed by atoms with Crippen molar-refractivity contribution in [3.05, 3.63) is 77.2 Å². The maximum atomic E-state index is 4.77. The summed E-state index contributed by atoms with van der Waals surface area (Å²) in [5.41, 5.74) is 6.07. The van der Waals surface area contributed by atoms with E-state index in [1.54, 1.807) is 0 Å². The molecule has 0 aromatic carbocycles. The van der Waals surface area contributed by atoms with Crippen LogP contribution in [0.15, 0.2) is 85.8 Å². The second-order valence-electron chi connectivity index (χ2n) is 7.14. The summed E-state index contributed by atoms with van der Waals surface area (Å²) in [5.74, 6) is 1.36. The standard InChI is InChI=1S/C23H21N5.3ClH.V/c1-3-14-8-10-16-20(12-14)27-22(25-16)18-6-5-7-19(24-18)23-26-17-11-9-15(4-2)13-21(17)28-23;;;;/h5-13,16-17H,3-4H2,1-2H3;3*1H;/q;;;;+3/p-3. The van der Waals surface area contributed by atoms with E-state index in [4.69, 9.17) is 25.0 Å². The minimum atomic E-state index is 0. The average Bonchev–Trinajstić information content (AvgIpc) is 3.36. The van der Waals surface area contributed by atoms with E-state index in [1.807, 2.05) is 18.2 Å². The van der Waals surface area contributed by atoms with Gasteiger partial charge in [0.15, 0.2) is 11.7 Å². The van der Waals surface area contributed by atoms with Crippen molar-refractivity contribution in [1.82, 2.24) is 4.98 Å². The molecule has 0 amide bonds. The second kappa shape index (κ2) is 11.9. The quantitative estimate of drug-likeness (QED) is 0.389. The van der Waals surface area contributed by atoms with Crippen molar-refractivity contribution in [1.29, 1.82) is 0 Å². The number of pyridine rings is 1. The molecule has 0 fully saturated rings. The van der Waals surface area contributed by atoms with Gasteiger partial charge < -0.3 is 37.2 Å². The number of halogens is 3. The Kier molecular flexibility index (Phi) is 10.5. The predicted molar refractivity (Wildman–Crippen MR) is 115 cm³/mol. The maximum absolute atomic E-state index is 4.77. The van der Waals surface area contributed by atoms with E-state index in [9.17, 15) is 0 Å². The summed E-state index contributed by atoms with van der Waals surface area (Å²) in [5, 5.41) is 0. The first kappa shape index (κ1) is 28.3. The Labute approximate surface area is 218 Å². The first-order valence-electron chi connectivity index (χ1n) is 9.81. The van der Waals surface area contributed by atoms with E-state index in [0.29, 0.717) is 11.7 Å². The smallest absolute Gasteiger partial charge is 1.00 e. The minimum absolute atomic E-state index is 0. The molecule has 4 aliphatic rings. The summed E-state index contributed by atoms with van der Waals surface area (Å²) in [6.45, 7) is 4.29. The molecule has 0 N–H and O–H groups in total. The molecular formula is C23H21Cl3N5V. The SMILES string of the molecule is CCC1=CC2=NC(c3cccc(C4=NC5C=CC(CC)=CC5=N4)n3)=NC2C=C1.[Cl-].[Cl-].[Cl-].[V+3]. The van der Waals surface area contributed by atoms with E-state index in [0.717, 1.165) is 35.7 Å². The van der Waals surface area contributed by atoms with Crippen LogP contribution < -0.4 is 37.2 Å². The number of aromatic nitrogens is 1. The topological polar surface area (TPSA) is 62.3 Å². The molecule has 5 nitrogen and oxygen atoms in total. The summed E-state index contributed by atoms with van der Waals surface area (Å²) in [6, 6.07) is 5.88. The van der Waals surface area contributed by atoms with Crippen molar-refractivity contribution in [2.45, 2.75) is 38.8 Å². The van der Waals surface area contributed by atoms with E-state index in [-0.39, 0.29) is 67.9 Å². The Bertz CT molecular complexity index is 1030. The van der Waals surface area contributed by atoms with Crippen molar-refractivity contribution < 1.29 is 55.8 Å². The molecule has 2 aliphatic heterocycles. The van der Waals surface area contributed by atoms with Gasteiger partial charge in [-0.05, 0) is 48.3 Å². The summed E-state index contributed by atoms with van der Waals surface area (Å²) >= 11 is 0. The summed E-state index contributed by atoms with van der Waals surface area (Å²) in [7, 11) is 0. The Morgan fingerprint density at radius 2 is 1.16 bits per heavy atom. The molecule has 2 atom stereocenters. The number of hydrogen-bond acceptors (Lipinski definition) is 5. The van der Waals surface area contributed by atoms with Crippen LogP contribution in [0.4, 0.5) is 0 Å². The van der Waals surface area contributed by atoms with Gasteiger partial charge in [0, 0.05) is 0 Å². The van der Waals surface area contributed by atoms with Crippen LogP contribution in [0.2, 0.25) is 0 Å². The first-order chi connectivity index (χ1) is 13.7. The molecule has 0 radical (unpaired) electrons. The van der Waals surface area contributed by atoms with E-state index in [2.05, 4.69) is 50.3 Å². The molecule has 32 heavy (non-hydrogen) atoms. The molecule has 2 aliphatic carbocycles. The molecular weight excluding hydrogens is 504 g/mol. The predicted octanol–water partition coefficient (Wildman–Crippen LogP) is -4.96. The van der Waals surface area contributed by atoms with Crippen LogP contribution in [0.25, 0.3) is 0 Å². The molecule has 0 bridgehead atoms. The number of nitrogens with zero attached hydrogens (tertiary/aromatic N) is 5. The van der Waals surface area contributed by atoms with Crippen molar-refractivity contribution >= 4 is 23.1 Å². The van der Waals surface area contributed by atoms with Gasteiger partial charge in [0.25, 0.3) is 0 Å². The van der Waals surface area contributed by atoms with E-state index in [1.165, 1.54) is 11.1 Å². The van der Waals surface area contributed by atoms with Gasteiger partial charge in [0.2, 0.25) is 0 Å². The molecule has 164 valence electrons. The van der Waals surface area contributed by atoms with Crippen LogP contribution in [-0.4, -0.2) is 40.2 Å². The minimum Gasteiger partial charge on any atom is -1.00 e. The zero-order valence-electron chi connectivity index (χ0n) is 17.6. The summed E-state index contributed by atoms with van der Waals surface area (Å²) < 4.78 is 0. The van der Waals surface area contributed by atoms with Crippen molar-refractivity contribution in [2.24, 2.45) is 20.0 Å². The fourth-order valence-corrected chi connectivity index (χ4v) is 3.62. The normalized spacial score (nSPS) is 21.6. The van der Waals surface area contributed by atoms with Gasteiger partial charge >= 0.3 is 18.6 Å². The third-order valence-corrected chi connectivity index (χ3v) is 5.27. The summed E-state index contributed by atoms with van der Waals surface area (Å²) in [6.07, 6.45) is 14.7. The summed E-state index contributed by atoms with van der Waals surface area (Å²) in [4.78, 5) is 23.7. The van der Waals surface area contributed by atoms with Gasteiger partial charge in [-0.25, -0.2) is 15.0 Å². The molecule has 9 heteroatoms. The van der Waals surface area contributed by atoms with Gasteiger partial charge in [-0.3, -0.25) is 9.98 Å². The average molecular weight is 525 g/mol. The van der Waals surface area contributed by atoms with Gasteiger partial charge in [-0.1, -0.05) is 44.2 Å². The molecule has 2 unspecified atom stereocenters.